The predicted molar refractivity (Wildman–Crippen MR) is 86.9 cm³/mol. The Kier molecular flexibility index (Phi) is 6.38. The number of aromatic nitrogens is 2. The van der Waals surface area contributed by atoms with Gasteiger partial charge in [0.25, 0.3) is 5.91 Å². The first-order chi connectivity index (χ1) is 11.7. The molecule has 2 rings (SSSR count). The number of anilines is 1. The molecule has 1 aromatic carbocycles. The highest BCUT2D eigenvalue weighted by atomic mass is 16.6. The molecule has 0 aliphatic carbocycles. The molecule has 0 unspecified atom stereocenters. The summed E-state index contributed by atoms with van der Waals surface area (Å²) in [5, 5.41) is 12.7. The maximum absolute atomic E-state index is 11.7. The average molecular weight is 335 g/mol. The zero-order valence-corrected chi connectivity index (χ0v) is 13.7. The summed E-state index contributed by atoms with van der Waals surface area (Å²) in [5.41, 5.74) is 6.49. The topological polar surface area (TPSA) is 125 Å². The normalized spacial score (nSPS) is 10.4. The maximum atomic E-state index is 11.7. The second-order valence-corrected chi connectivity index (χ2v) is 4.85. The van der Waals surface area contributed by atoms with Crippen LogP contribution in [0.3, 0.4) is 0 Å². The van der Waals surface area contributed by atoms with Gasteiger partial charge in [0.05, 0.1) is 13.7 Å². The number of amides is 1. The highest BCUT2D eigenvalue weighted by Crippen LogP contribution is 2.27. The molecule has 0 radical (unpaired) electrons. The van der Waals surface area contributed by atoms with Gasteiger partial charge in [-0.3, -0.25) is 4.79 Å². The van der Waals surface area contributed by atoms with Gasteiger partial charge in [-0.1, -0.05) is 6.07 Å². The van der Waals surface area contributed by atoms with Crippen molar-refractivity contribution < 1.29 is 18.9 Å². The number of hydrogen-bond acceptors (Lipinski definition) is 8. The van der Waals surface area contributed by atoms with Crippen LogP contribution < -0.4 is 25.8 Å². The average Bonchev–Trinajstić information content (AvgIpc) is 3.01. The van der Waals surface area contributed by atoms with Gasteiger partial charge in [0.15, 0.2) is 11.5 Å². The fourth-order valence-corrected chi connectivity index (χ4v) is 2.03. The molecule has 130 valence electrons. The van der Waals surface area contributed by atoms with E-state index in [-0.39, 0.29) is 11.5 Å². The number of rotatable bonds is 9. The van der Waals surface area contributed by atoms with Crippen molar-refractivity contribution in [1.82, 2.24) is 20.9 Å². The van der Waals surface area contributed by atoms with Crippen LogP contribution in [-0.4, -0.2) is 43.0 Å². The van der Waals surface area contributed by atoms with Gasteiger partial charge in [0.1, 0.15) is 0 Å². The van der Waals surface area contributed by atoms with Crippen molar-refractivity contribution in [2.45, 2.75) is 13.5 Å². The van der Waals surface area contributed by atoms with Crippen LogP contribution in [0.4, 0.5) is 5.82 Å². The molecule has 0 fully saturated rings. The highest BCUT2D eigenvalue weighted by molar-refractivity contribution is 5.95. The van der Waals surface area contributed by atoms with Crippen molar-refractivity contribution >= 4 is 11.7 Å². The van der Waals surface area contributed by atoms with Gasteiger partial charge in [-0.25, -0.2) is 4.63 Å². The number of nitrogen functional groups attached to an aromatic ring is 1. The summed E-state index contributed by atoms with van der Waals surface area (Å²) in [6.45, 7) is 4.11. The molecule has 0 aliphatic rings. The second-order valence-electron chi connectivity index (χ2n) is 4.85. The van der Waals surface area contributed by atoms with Crippen LogP contribution >= 0.6 is 0 Å². The van der Waals surface area contributed by atoms with Crippen molar-refractivity contribution in [3.8, 4) is 11.5 Å². The molecule has 1 heterocycles. The van der Waals surface area contributed by atoms with Crippen molar-refractivity contribution in [2.75, 3.05) is 32.5 Å². The minimum atomic E-state index is -0.418. The van der Waals surface area contributed by atoms with Gasteiger partial charge in [-0.2, -0.15) is 0 Å². The quantitative estimate of drug-likeness (QED) is 0.568. The molecule has 9 heteroatoms. The minimum Gasteiger partial charge on any atom is -0.493 e. The van der Waals surface area contributed by atoms with Crippen LogP contribution in [0.2, 0.25) is 0 Å². The Morgan fingerprint density at radius 1 is 1.29 bits per heavy atom. The molecule has 0 saturated heterocycles. The summed E-state index contributed by atoms with van der Waals surface area (Å²) in [4.78, 5) is 11.7. The number of benzene rings is 1. The SMILES string of the molecule is CCOc1cc(CNCCNC(=O)c2nonc2N)ccc1OC. The van der Waals surface area contributed by atoms with Crippen molar-refractivity contribution in [2.24, 2.45) is 0 Å². The lowest BCUT2D eigenvalue weighted by Crippen LogP contribution is -2.32. The molecule has 0 aliphatic heterocycles. The van der Waals surface area contributed by atoms with E-state index >= 15 is 0 Å². The van der Waals surface area contributed by atoms with E-state index in [9.17, 15) is 4.79 Å². The number of nitrogens with zero attached hydrogens (tertiary/aromatic N) is 2. The van der Waals surface area contributed by atoms with E-state index in [1.807, 2.05) is 25.1 Å². The van der Waals surface area contributed by atoms with Gasteiger partial charge in [-0.15, -0.1) is 0 Å². The zero-order valence-electron chi connectivity index (χ0n) is 13.7. The van der Waals surface area contributed by atoms with Crippen LogP contribution in [0, 0.1) is 0 Å². The Bertz CT molecular complexity index is 674. The Hall–Kier alpha value is -2.81. The Morgan fingerprint density at radius 2 is 2.12 bits per heavy atom. The fourth-order valence-electron chi connectivity index (χ4n) is 2.03. The molecular formula is C15H21N5O4. The van der Waals surface area contributed by atoms with Crippen LogP contribution in [0.15, 0.2) is 22.8 Å². The van der Waals surface area contributed by atoms with E-state index < -0.39 is 5.91 Å². The van der Waals surface area contributed by atoms with Gasteiger partial charge in [0, 0.05) is 19.6 Å². The lowest BCUT2D eigenvalue weighted by Gasteiger charge is -2.11. The van der Waals surface area contributed by atoms with Crippen LogP contribution in [-0.2, 0) is 6.54 Å². The summed E-state index contributed by atoms with van der Waals surface area (Å²) in [6, 6.07) is 5.74. The first-order valence-electron chi connectivity index (χ1n) is 7.52. The van der Waals surface area contributed by atoms with Gasteiger partial charge >= 0.3 is 0 Å². The molecule has 0 atom stereocenters. The van der Waals surface area contributed by atoms with Crippen LogP contribution in [0.25, 0.3) is 0 Å². The van der Waals surface area contributed by atoms with E-state index in [1.165, 1.54) is 0 Å². The zero-order chi connectivity index (χ0) is 17.4. The van der Waals surface area contributed by atoms with Crippen molar-refractivity contribution in [1.29, 1.82) is 0 Å². The van der Waals surface area contributed by atoms with E-state index in [4.69, 9.17) is 15.2 Å². The number of nitrogens with one attached hydrogen (secondary N) is 2. The molecule has 0 spiro atoms. The molecule has 2 aromatic rings. The van der Waals surface area contributed by atoms with E-state index in [2.05, 4.69) is 25.6 Å². The lowest BCUT2D eigenvalue weighted by atomic mass is 10.2. The molecule has 1 aromatic heterocycles. The summed E-state index contributed by atoms with van der Waals surface area (Å²) in [5.74, 6) is 0.967. The smallest absolute Gasteiger partial charge is 0.277 e. The number of ether oxygens (including phenoxy) is 2. The van der Waals surface area contributed by atoms with Crippen molar-refractivity contribution in [3.05, 3.63) is 29.5 Å². The summed E-state index contributed by atoms with van der Waals surface area (Å²) < 4.78 is 15.2. The maximum Gasteiger partial charge on any atom is 0.277 e. The van der Waals surface area contributed by atoms with Crippen LogP contribution in [0.1, 0.15) is 23.0 Å². The predicted octanol–water partition coefficient (Wildman–Crippen LogP) is 0.579. The molecule has 1 amide bonds. The third-order valence-electron chi connectivity index (χ3n) is 3.17. The third kappa shape index (κ3) is 4.59. The Morgan fingerprint density at radius 3 is 2.79 bits per heavy atom. The third-order valence-corrected chi connectivity index (χ3v) is 3.17. The van der Waals surface area contributed by atoms with E-state index in [0.29, 0.717) is 37.7 Å². The van der Waals surface area contributed by atoms with Gasteiger partial charge in [0.2, 0.25) is 11.5 Å². The first kappa shape index (κ1) is 17.5. The number of nitrogens with two attached hydrogens (primary N) is 1. The number of hydrogen-bond donors (Lipinski definition) is 3. The summed E-state index contributed by atoms with van der Waals surface area (Å²) in [7, 11) is 1.61. The van der Waals surface area contributed by atoms with Gasteiger partial charge < -0.3 is 25.8 Å². The molecule has 9 nitrogen and oxygen atoms in total. The molecular weight excluding hydrogens is 314 g/mol. The molecule has 0 saturated carbocycles. The number of carbonyl (C=O) groups is 1. The standard InChI is InChI=1S/C15H21N5O4/c1-3-23-12-8-10(4-5-11(12)22-2)9-17-6-7-18-15(21)13-14(16)20-24-19-13/h4-5,8,17H,3,6-7,9H2,1-2H3,(H2,16,20)(H,18,21). The van der Waals surface area contributed by atoms with Crippen LogP contribution in [0.5, 0.6) is 11.5 Å². The fraction of sp³-hybridized carbons (Fsp3) is 0.400. The highest BCUT2D eigenvalue weighted by Gasteiger charge is 2.14. The van der Waals surface area contributed by atoms with Crippen molar-refractivity contribution in [3.63, 3.8) is 0 Å². The number of methoxy groups -OCH3 is 1. The monoisotopic (exact) mass is 335 g/mol. The summed E-state index contributed by atoms with van der Waals surface area (Å²) in [6.07, 6.45) is 0. The largest absolute Gasteiger partial charge is 0.493 e. The summed E-state index contributed by atoms with van der Waals surface area (Å²) >= 11 is 0. The molecule has 4 N–H and O–H groups in total. The minimum absolute atomic E-state index is 0.00786. The first-order valence-corrected chi connectivity index (χ1v) is 7.52. The Balaban J connectivity index is 1.75. The molecule has 24 heavy (non-hydrogen) atoms. The molecule has 0 bridgehead atoms. The lowest BCUT2D eigenvalue weighted by molar-refractivity contribution is 0.0944. The Labute approximate surface area is 139 Å². The van der Waals surface area contributed by atoms with E-state index in [1.54, 1.807) is 7.11 Å². The van der Waals surface area contributed by atoms with E-state index in [0.717, 1.165) is 5.56 Å². The van der Waals surface area contributed by atoms with Gasteiger partial charge in [-0.05, 0) is 34.9 Å². The second kappa shape index (κ2) is 8.73. The number of carbonyl (C=O) groups excluding carboxylic acids is 1.